The molecule has 5 rings (SSSR count). The number of nitrogens with zero attached hydrogens (tertiary/aromatic N) is 3. The largest absolute Gasteiger partial charge is 0.439 e. The number of rotatable bonds is 11. The van der Waals surface area contributed by atoms with Crippen LogP contribution < -0.4 is 26.0 Å². The quantitative estimate of drug-likeness (QED) is 0.287. The van der Waals surface area contributed by atoms with Crippen LogP contribution in [0.25, 0.3) is 6.08 Å². The lowest BCUT2D eigenvalue weighted by Crippen LogP contribution is -2.29. The molecule has 1 saturated carbocycles. The van der Waals surface area contributed by atoms with Gasteiger partial charge in [-0.15, -0.1) is 0 Å². The maximum absolute atomic E-state index is 12.8. The molecule has 0 bridgehead atoms. The number of urea groups is 1. The van der Waals surface area contributed by atoms with Crippen LogP contribution in [-0.4, -0.2) is 48.0 Å². The normalized spacial score (nSPS) is 15.5. The molecule has 194 valence electrons. The number of aromatic nitrogens is 3. The van der Waals surface area contributed by atoms with Crippen molar-refractivity contribution in [2.24, 2.45) is 0 Å². The minimum absolute atomic E-state index is 0.0636. The third-order valence-electron chi connectivity index (χ3n) is 6.50. The van der Waals surface area contributed by atoms with E-state index in [1.165, 1.54) is 6.33 Å². The van der Waals surface area contributed by atoms with Crippen molar-refractivity contribution in [3.8, 4) is 11.6 Å². The lowest BCUT2D eigenvalue weighted by molar-refractivity contribution is 0.198. The van der Waals surface area contributed by atoms with Crippen molar-refractivity contribution in [3.05, 3.63) is 59.2 Å². The van der Waals surface area contributed by atoms with Gasteiger partial charge < -0.3 is 29.9 Å². The second kappa shape index (κ2) is 11.1. The zero-order chi connectivity index (χ0) is 25.7. The SMILES string of the molecule is C/C=C\c1cc(Oc2ncnc3c2CNC3)ccc1NC(=O)Nc1cc(C2(CNCCOC)CC2)on1. The molecule has 1 aromatic carbocycles. The summed E-state index contributed by atoms with van der Waals surface area (Å²) in [6.45, 7) is 5.50. The molecule has 1 aliphatic carbocycles. The van der Waals surface area contributed by atoms with E-state index in [0.717, 1.165) is 48.5 Å². The number of ether oxygens (including phenoxy) is 2. The van der Waals surface area contributed by atoms with E-state index >= 15 is 0 Å². The number of amides is 2. The van der Waals surface area contributed by atoms with Gasteiger partial charge in [0.2, 0.25) is 5.88 Å². The molecule has 3 heterocycles. The van der Waals surface area contributed by atoms with Crippen molar-refractivity contribution in [1.82, 2.24) is 25.8 Å². The summed E-state index contributed by atoms with van der Waals surface area (Å²) in [4.78, 5) is 21.3. The summed E-state index contributed by atoms with van der Waals surface area (Å²) in [6.07, 6.45) is 7.34. The molecular weight excluding hydrogens is 474 g/mol. The van der Waals surface area contributed by atoms with E-state index < -0.39 is 6.03 Å². The fraction of sp³-hybridized carbons (Fsp3) is 0.385. The first-order valence-corrected chi connectivity index (χ1v) is 12.3. The van der Waals surface area contributed by atoms with Crippen molar-refractivity contribution in [2.45, 2.75) is 38.3 Å². The van der Waals surface area contributed by atoms with Crippen LogP contribution in [0.1, 0.15) is 42.3 Å². The molecule has 0 radical (unpaired) electrons. The fourth-order valence-electron chi connectivity index (χ4n) is 4.32. The predicted molar refractivity (Wildman–Crippen MR) is 139 cm³/mol. The number of benzene rings is 1. The summed E-state index contributed by atoms with van der Waals surface area (Å²) in [5, 5.41) is 16.3. The molecule has 11 heteroatoms. The Balaban J connectivity index is 1.22. The summed E-state index contributed by atoms with van der Waals surface area (Å²) in [5.41, 5.74) is 3.26. The van der Waals surface area contributed by atoms with E-state index in [2.05, 4.69) is 36.4 Å². The number of nitrogens with one attached hydrogen (secondary N) is 4. The van der Waals surface area contributed by atoms with Crippen LogP contribution in [0.15, 0.2) is 41.2 Å². The molecule has 11 nitrogen and oxygen atoms in total. The number of carbonyl (C=O) groups is 1. The van der Waals surface area contributed by atoms with Crippen LogP contribution in [0, 0.1) is 0 Å². The molecule has 0 saturated heterocycles. The summed E-state index contributed by atoms with van der Waals surface area (Å²) in [7, 11) is 1.68. The molecule has 4 N–H and O–H groups in total. The average Bonchev–Trinajstić information content (AvgIpc) is 3.27. The number of methoxy groups -OCH3 is 1. The Morgan fingerprint density at radius 1 is 1.22 bits per heavy atom. The van der Waals surface area contributed by atoms with Gasteiger partial charge in [-0.2, -0.15) is 0 Å². The summed E-state index contributed by atoms with van der Waals surface area (Å²) < 4.78 is 16.7. The minimum Gasteiger partial charge on any atom is -0.439 e. The van der Waals surface area contributed by atoms with E-state index in [1.54, 1.807) is 25.3 Å². The highest BCUT2D eigenvalue weighted by Gasteiger charge is 2.47. The molecule has 3 aromatic rings. The third-order valence-corrected chi connectivity index (χ3v) is 6.50. The second-order valence-corrected chi connectivity index (χ2v) is 9.16. The van der Waals surface area contributed by atoms with Gasteiger partial charge in [-0.25, -0.2) is 14.8 Å². The summed E-state index contributed by atoms with van der Waals surface area (Å²) in [6, 6.07) is 6.82. The van der Waals surface area contributed by atoms with Gasteiger partial charge in [-0.05, 0) is 38.0 Å². The molecule has 2 aliphatic rings. The molecule has 2 aromatic heterocycles. The van der Waals surface area contributed by atoms with Crippen LogP contribution in [0.2, 0.25) is 0 Å². The van der Waals surface area contributed by atoms with Gasteiger partial charge in [0.15, 0.2) is 5.82 Å². The minimum atomic E-state index is -0.415. The summed E-state index contributed by atoms with van der Waals surface area (Å²) in [5.74, 6) is 2.29. The Morgan fingerprint density at radius 3 is 2.92 bits per heavy atom. The molecule has 0 atom stereocenters. The summed E-state index contributed by atoms with van der Waals surface area (Å²) >= 11 is 0. The molecule has 2 amide bonds. The Labute approximate surface area is 215 Å². The van der Waals surface area contributed by atoms with Crippen LogP contribution in [0.3, 0.4) is 0 Å². The third kappa shape index (κ3) is 5.79. The van der Waals surface area contributed by atoms with Gasteiger partial charge >= 0.3 is 6.03 Å². The number of allylic oxidation sites excluding steroid dienone is 1. The number of hydrogen-bond donors (Lipinski definition) is 4. The molecule has 0 spiro atoms. The average molecular weight is 506 g/mol. The van der Waals surface area contributed by atoms with Crippen molar-refractivity contribution < 1.29 is 18.8 Å². The van der Waals surface area contributed by atoms with Crippen LogP contribution >= 0.6 is 0 Å². The molecule has 1 fully saturated rings. The van der Waals surface area contributed by atoms with Gasteiger partial charge in [-0.3, -0.25) is 5.32 Å². The van der Waals surface area contributed by atoms with Crippen molar-refractivity contribution in [1.29, 1.82) is 0 Å². The Bertz CT molecular complexity index is 1290. The molecule has 0 unspecified atom stereocenters. The van der Waals surface area contributed by atoms with E-state index in [4.69, 9.17) is 14.0 Å². The Kier molecular flexibility index (Phi) is 7.45. The number of fused-ring (bicyclic) bond motifs is 1. The van der Waals surface area contributed by atoms with E-state index in [1.807, 2.05) is 25.1 Å². The highest BCUT2D eigenvalue weighted by Crippen LogP contribution is 2.48. The molecule has 37 heavy (non-hydrogen) atoms. The van der Waals surface area contributed by atoms with Crippen LogP contribution in [0.5, 0.6) is 11.6 Å². The van der Waals surface area contributed by atoms with E-state index in [0.29, 0.717) is 42.8 Å². The first-order chi connectivity index (χ1) is 18.1. The lowest BCUT2D eigenvalue weighted by atomic mass is 10.0. The van der Waals surface area contributed by atoms with Gasteiger partial charge in [0.25, 0.3) is 0 Å². The lowest BCUT2D eigenvalue weighted by Gasteiger charge is -2.13. The van der Waals surface area contributed by atoms with Crippen molar-refractivity contribution in [3.63, 3.8) is 0 Å². The van der Waals surface area contributed by atoms with Gasteiger partial charge in [-0.1, -0.05) is 17.3 Å². The smallest absolute Gasteiger partial charge is 0.324 e. The number of hydrogen-bond acceptors (Lipinski definition) is 9. The fourth-order valence-corrected chi connectivity index (χ4v) is 4.32. The van der Waals surface area contributed by atoms with Gasteiger partial charge in [0.1, 0.15) is 17.8 Å². The molecule has 1 aliphatic heterocycles. The van der Waals surface area contributed by atoms with Crippen LogP contribution in [-0.2, 0) is 23.2 Å². The van der Waals surface area contributed by atoms with Crippen molar-refractivity contribution >= 4 is 23.6 Å². The van der Waals surface area contributed by atoms with Crippen LogP contribution in [0.4, 0.5) is 16.3 Å². The highest BCUT2D eigenvalue weighted by molar-refractivity contribution is 6.00. The van der Waals surface area contributed by atoms with E-state index in [-0.39, 0.29) is 5.41 Å². The van der Waals surface area contributed by atoms with Crippen molar-refractivity contribution in [2.75, 3.05) is 37.4 Å². The second-order valence-electron chi connectivity index (χ2n) is 9.16. The van der Waals surface area contributed by atoms with Gasteiger partial charge in [0.05, 0.1) is 17.9 Å². The standard InChI is InChI=1S/C26H31N7O4/c1-3-4-17-11-18(36-24-19-13-28-14-21(19)29-16-30-24)5-6-20(17)31-25(34)32-23-12-22(37-33-23)26(7-8-26)15-27-9-10-35-2/h3-6,11-12,16,27-28H,7-10,13-15H2,1-2H3,(H2,31,32,33,34)/b4-3-. The predicted octanol–water partition coefficient (Wildman–Crippen LogP) is 3.80. The topological polar surface area (TPSA) is 135 Å². The van der Waals surface area contributed by atoms with Gasteiger partial charge in [0, 0.05) is 56.0 Å². The zero-order valence-corrected chi connectivity index (χ0v) is 21.0. The Hall–Kier alpha value is -3.80. The monoisotopic (exact) mass is 505 g/mol. The maximum atomic E-state index is 12.8. The first-order valence-electron chi connectivity index (χ1n) is 12.3. The highest BCUT2D eigenvalue weighted by atomic mass is 16.5. The maximum Gasteiger partial charge on any atom is 0.324 e. The number of anilines is 2. The van der Waals surface area contributed by atoms with E-state index in [9.17, 15) is 4.79 Å². The zero-order valence-electron chi connectivity index (χ0n) is 21.0. The molecular formula is C26H31N7O4. The number of carbonyl (C=O) groups excluding carboxylic acids is 1. The Morgan fingerprint density at radius 2 is 2.11 bits per heavy atom. The first kappa shape index (κ1) is 24.9.